The Labute approximate surface area is 168 Å². The van der Waals surface area contributed by atoms with Crippen LogP contribution < -0.4 is 15.0 Å². The highest BCUT2D eigenvalue weighted by Gasteiger charge is 2.32. The first kappa shape index (κ1) is 20.3. The first-order chi connectivity index (χ1) is 13.2. The predicted octanol–water partition coefficient (Wildman–Crippen LogP) is 5.77. The van der Waals surface area contributed by atoms with E-state index in [0.29, 0.717) is 28.1 Å². The van der Waals surface area contributed by atoms with Gasteiger partial charge in [0.1, 0.15) is 5.75 Å². The van der Waals surface area contributed by atoms with Gasteiger partial charge in [-0.2, -0.15) is 0 Å². The van der Waals surface area contributed by atoms with Crippen molar-refractivity contribution < 1.29 is 22.7 Å². The van der Waals surface area contributed by atoms with Gasteiger partial charge in [-0.3, -0.25) is 4.99 Å². The zero-order valence-electron chi connectivity index (χ0n) is 14.5. The van der Waals surface area contributed by atoms with Gasteiger partial charge >= 0.3 is 12.4 Å². The number of rotatable bonds is 3. The number of alkyl halides is 3. The molecule has 2 amide bonds. The summed E-state index contributed by atoms with van der Waals surface area (Å²) < 4.78 is 41.0. The third kappa shape index (κ3) is 5.32. The Morgan fingerprint density at radius 2 is 1.86 bits per heavy atom. The first-order valence-electron chi connectivity index (χ1n) is 8.15. The molecule has 0 radical (unpaired) electrons. The summed E-state index contributed by atoms with van der Waals surface area (Å²) in [4.78, 5) is 18.6. The minimum atomic E-state index is -4.78. The average molecular weight is 430 g/mol. The molecule has 148 valence electrons. The Bertz CT molecular complexity index is 873. The molecule has 3 rings (SSSR count). The lowest BCUT2D eigenvalue weighted by atomic mass is 10.3. The molecule has 1 heterocycles. The van der Waals surface area contributed by atoms with E-state index >= 15 is 0 Å². The van der Waals surface area contributed by atoms with Crippen LogP contribution in [0.2, 0.25) is 5.02 Å². The second-order valence-electron chi connectivity index (χ2n) is 5.87. The molecule has 10 heteroatoms. The number of aliphatic imine (C=N–C) groups is 1. The third-order valence-corrected chi connectivity index (χ3v) is 4.93. The minimum Gasteiger partial charge on any atom is -0.406 e. The molecule has 0 unspecified atom stereocenters. The number of carbonyl (C=O) groups excluding carboxylic acids is 1. The summed E-state index contributed by atoms with van der Waals surface area (Å²) in [5, 5.41) is 3.91. The first-order valence-corrected chi connectivity index (χ1v) is 9.40. The molecule has 0 saturated heterocycles. The number of benzene rings is 2. The van der Waals surface area contributed by atoms with Gasteiger partial charge in [0.05, 0.1) is 12.2 Å². The third-order valence-electron chi connectivity index (χ3n) is 3.61. The van der Waals surface area contributed by atoms with E-state index in [1.54, 1.807) is 24.3 Å². The minimum absolute atomic E-state index is 0.189. The van der Waals surface area contributed by atoms with E-state index in [9.17, 15) is 18.0 Å². The van der Waals surface area contributed by atoms with E-state index in [4.69, 9.17) is 11.6 Å². The van der Waals surface area contributed by atoms with E-state index < -0.39 is 12.4 Å². The molecule has 0 fully saturated rings. The summed E-state index contributed by atoms with van der Waals surface area (Å²) >= 11 is 7.26. The smallest absolute Gasteiger partial charge is 0.406 e. The van der Waals surface area contributed by atoms with Crippen molar-refractivity contribution in [2.45, 2.75) is 18.5 Å². The van der Waals surface area contributed by atoms with Crippen LogP contribution in [0.4, 0.5) is 29.3 Å². The van der Waals surface area contributed by atoms with Crippen molar-refractivity contribution in [3.63, 3.8) is 0 Å². The second-order valence-corrected chi connectivity index (χ2v) is 7.71. The Hall–Kier alpha value is -2.39. The molecule has 0 aliphatic carbocycles. The van der Waals surface area contributed by atoms with E-state index in [1.807, 2.05) is 6.92 Å². The van der Waals surface area contributed by atoms with Crippen LogP contribution in [-0.4, -0.2) is 29.4 Å². The van der Waals surface area contributed by atoms with Crippen LogP contribution in [0.15, 0.2) is 53.5 Å². The maximum Gasteiger partial charge on any atom is 0.573 e. The summed E-state index contributed by atoms with van der Waals surface area (Å²) in [5.74, 6) is -0.372. The summed E-state index contributed by atoms with van der Waals surface area (Å²) in [6.07, 6.45) is -4.78. The summed E-state index contributed by atoms with van der Waals surface area (Å²) in [6, 6.07) is 11.1. The van der Waals surface area contributed by atoms with Crippen LogP contribution in [0.25, 0.3) is 0 Å². The lowest BCUT2D eigenvalue weighted by Gasteiger charge is -2.23. The Kier molecular flexibility index (Phi) is 6.04. The van der Waals surface area contributed by atoms with Gasteiger partial charge in [0.2, 0.25) is 0 Å². The van der Waals surface area contributed by atoms with E-state index in [2.05, 4.69) is 15.0 Å². The number of thioether (sulfide) groups is 1. The molecule has 0 saturated carbocycles. The van der Waals surface area contributed by atoms with Crippen molar-refractivity contribution in [1.82, 2.24) is 0 Å². The predicted molar refractivity (Wildman–Crippen MR) is 105 cm³/mol. The van der Waals surface area contributed by atoms with Gasteiger partial charge in [-0.1, -0.05) is 30.3 Å². The molecule has 2 aromatic carbocycles. The van der Waals surface area contributed by atoms with Gasteiger partial charge in [0, 0.05) is 16.0 Å². The number of halogens is 4. The number of hydrogen-bond donors (Lipinski definition) is 1. The van der Waals surface area contributed by atoms with Crippen molar-refractivity contribution in [1.29, 1.82) is 0 Å². The van der Waals surface area contributed by atoms with E-state index in [-0.39, 0.29) is 11.0 Å². The Morgan fingerprint density at radius 1 is 1.21 bits per heavy atom. The zero-order chi connectivity index (χ0) is 20.3. The number of urea groups is 1. The SMILES string of the molecule is C[C@H]1CN=C(N(C(=O)Nc2ccc(Cl)cc2)c2ccc(OC(F)(F)F)cc2)S1. The summed E-state index contributed by atoms with van der Waals surface area (Å²) in [7, 11) is 0. The number of amides is 2. The van der Waals surface area contributed by atoms with Gasteiger partial charge in [0.25, 0.3) is 0 Å². The van der Waals surface area contributed by atoms with Gasteiger partial charge in [-0.25, -0.2) is 9.69 Å². The molecule has 1 aliphatic rings. The quantitative estimate of drug-likeness (QED) is 0.674. The molecule has 0 aromatic heterocycles. The summed E-state index contributed by atoms with van der Waals surface area (Å²) in [6.45, 7) is 2.51. The fourth-order valence-corrected chi connectivity index (χ4v) is 3.49. The van der Waals surface area contributed by atoms with Gasteiger partial charge in [0.15, 0.2) is 5.17 Å². The number of ether oxygens (including phenoxy) is 1. The molecule has 0 spiro atoms. The summed E-state index contributed by atoms with van der Waals surface area (Å²) in [5.41, 5.74) is 0.884. The monoisotopic (exact) mass is 429 g/mol. The molecule has 1 N–H and O–H groups in total. The standard InChI is InChI=1S/C18H15ClF3N3O2S/c1-11-10-23-17(28-11)25(16(26)24-13-4-2-12(19)3-5-13)14-6-8-15(9-7-14)27-18(20,21)22/h2-9,11H,10H2,1H3,(H,24,26)/t11-/m0/s1. The van der Waals surface area contributed by atoms with Gasteiger partial charge in [-0.15, -0.1) is 13.2 Å². The number of nitrogens with one attached hydrogen (secondary N) is 1. The second kappa shape index (κ2) is 8.32. The van der Waals surface area contributed by atoms with E-state index in [0.717, 1.165) is 12.1 Å². The van der Waals surface area contributed by atoms with Crippen LogP contribution >= 0.6 is 23.4 Å². The maximum atomic E-state index is 12.9. The highest BCUT2D eigenvalue weighted by atomic mass is 35.5. The maximum absolute atomic E-state index is 12.9. The molecule has 1 aliphatic heterocycles. The van der Waals surface area contributed by atoms with Crippen LogP contribution in [0.3, 0.4) is 0 Å². The number of amidine groups is 1. The average Bonchev–Trinajstić information content (AvgIpc) is 3.03. The number of anilines is 2. The molecular formula is C18H15ClF3N3O2S. The molecular weight excluding hydrogens is 415 g/mol. The Balaban J connectivity index is 1.84. The molecule has 1 atom stereocenters. The van der Waals surface area contributed by atoms with Crippen LogP contribution in [-0.2, 0) is 0 Å². The molecule has 2 aromatic rings. The lowest BCUT2D eigenvalue weighted by molar-refractivity contribution is -0.274. The van der Waals surface area contributed by atoms with Crippen LogP contribution in [0.5, 0.6) is 5.75 Å². The van der Waals surface area contributed by atoms with Crippen LogP contribution in [0, 0.1) is 0 Å². The van der Waals surface area contributed by atoms with Crippen molar-refractivity contribution in [2.75, 3.05) is 16.8 Å². The molecule has 5 nitrogen and oxygen atoms in total. The van der Waals surface area contributed by atoms with Crippen molar-refractivity contribution in [3.8, 4) is 5.75 Å². The Morgan fingerprint density at radius 3 is 2.39 bits per heavy atom. The molecule has 0 bridgehead atoms. The van der Waals surface area contributed by atoms with Crippen molar-refractivity contribution in [3.05, 3.63) is 53.6 Å². The van der Waals surface area contributed by atoms with Crippen molar-refractivity contribution >= 4 is 45.9 Å². The number of carbonyl (C=O) groups is 1. The van der Waals surface area contributed by atoms with Crippen LogP contribution in [0.1, 0.15) is 6.92 Å². The molecule has 28 heavy (non-hydrogen) atoms. The van der Waals surface area contributed by atoms with E-state index in [1.165, 1.54) is 28.8 Å². The lowest BCUT2D eigenvalue weighted by Crippen LogP contribution is -2.38. The normalized spacial score (nSPS) is 16.5. The fourth-order valence-electron chi connectivity index (χ4n) is 2.41. The topological polar surface area (TPSA) is 53.9 Å². The van der Waals surface area contributed by atoms with Crippen molar-refractivity contribution in [2.24, 2.45) is 4.99 Å². The zero-order valence-corrected chi connectivity index (χ0v) is 16.1. The van der Waals surface area contributed by atoms with Gasteiger partial charge in [-0.05, 0) is 48.5 Å². The number of nitrogens with zero attached hydrogens (tertiary/aromatic N) is 2. The number of hydrogen-bond acceptors (Lipinski definition) is 4. The highest BCUT2D eigenvalue weighted by molar-refractivity contribution is 8.15. The fraction of sp³-hybridized carbons (Fsp3) is 0.222. The van der Waals surface area contributed by atoms with Gasteiger partial charge < -0.3 is 10.1 Å². The highest BCUT2D eigenvalue weighted by Crippen LogP contribution is 2.30. The largest absolute Gasteiger partial charge is 0.573 e.